The molecule has 6 heteroatoms. The zero-order valence-electron chi connectivity index (χ0n) is 10.2. The minimum Gasteiger partial charge on any atom is -0.406 e. The number of hydrogen-bond acceptors (Lipinski definition) is 2. The molecule has 0 N–H and O–H groups in total. The number of carbonyl (C=O) groups excluding carboxylic acids is 1. The van der Waals surface area contributed by atoms with E-state index in [9.17, 15) is 18.0 Å². The molecule has 0 aromatic heterocycles. The number of Topliss-reactive ketones (excluding diaryl/α,β-unsaturated/α-hetero) is 1. The van der Waals surface area contributed by atoms with E-state index in [2.05, 4.69) is 20.7 Å². The quantitative estimate of drug-likeness (QED) is 0.408. The number of halogens is 4. The highest BCUT2D eigenvalue weighted by atomic mass is 79.9. The maximum atomic E-state index is 12.0. The van der Waals surface area contributed by atoms with Gasteiger partial charge in [-0.3, -0.25) is 4.79 Å². The van der Waals surface area contributed by atoms with E-state index >= 15 is 0 Å². The SMILES string of the molecule is O=C(CCCCCBr)c1cccc(OC(F)(F)F)c1. The maximum Gasteiger partial charge on any atom is 0.573 e. The van der Waals surface area contributed by atoms with Gasteiger partial charge in [0, 0.05) is 17.3 Å². The molecular formula is C13H14BrF3O2. The van der Waals surface area contributed by atoms with Crippen LogP contribution in [0.15, 0.2) is 24.3 Å². The second kappa shape index (κ2) is 7.53. The third-order valence-corrected chi connectivity index (χ3v) is 2.99. The molecule has 1 aromatic carbocycles. The van der Waals surface area contributed by atoms with Crippen LogP contribution >= 0.6 is 15.9 Å². The zero-order valence-corrected chi connectivity index (χ0v) is 11.8. The Balaban J connectivity index is 2.58. The predicted octanol–water partition coefficient (Wildman–Crippen LogP) is 4.72. The average Bonchev–Trinajstić information content (AvgIpc) is 2.32. The molecule has 0 heterocycles. The summed E-state index contributed by atoms with van der Waals surface area (Å²) in [5.41, 5.74) is 0.251. The minimum absolute atomic E-state index is 0.165. The van der Waals surface area contributed by atoms with E-state index in [0.29, 0.717) is 6.42 Å². The molecule has 0 aliphatic heterocycles. The first-order valence-corrected chi connectivity index (χ1v) is 6.99. The van der Waals surface area contributed by atoms with Crippen molar-refractivity contribution < 1.29 is 22.7 Å². The second-order valence-electron chi connectivity index (χ2n) is 4.00. The van der Waals surface area contributed by atoms with Crippen molar-refractivity contribution in [3.8, 4) is 5.75 Å². The normalized spacial score (nSPS) is 11.4. The van der Waals surface area contributed by atoms with Crippen molar-refractivity contribution in [3.05, 3.63) is 29.8 Å². The summed E-state index contributed by atoms with van der Waals surface area (Å²) in [6, 6.07) is 5.18. The first-order chi connectivity index (χ1) is 8.92. The average molecular weight is 339 g/mol. The van der Waals surface area contributed by atoms with Gasteiger partial charge < -0.3 is 4.74 Å². The number of unbranched alkanes of at least 4 members (excludes halogenated alkanes) is 2. The van der Waals surface area contributed by atoms with Crippen LogP contribution in [0.4, 0.5) is 13.2 Å². The summed E-state index contributed by atoms with van der Waals surface area (Å²) >= 11 is 3.29. The van der Waals surface area contributed by atoms with Crippen LogP contribution in [0, 0.1) is 0 Å². The number of hydrogen-bond donors (Lipinski definition) is 0. The van der Waals surface area contributed by atoms with Gasteiger partial charge >= 0.3 is 6.36 Å². The summed E-state index contributed by atoms with van der Waals surface area (Å²) in [5, 5.41) is 0.885. The van der Waals surface area contributed by atoms with E-state index in [1.807, 2.05) is 0 Å². The van der Waals surface area contributed by atoms with E-state index in [1.165, 1.54) is 18.2 Å². The van der Waals surface area contributed by atoms with Gasteiger partial charge in [0.05, 0.1) is 0 Å². The maximum absolute atomic E-state index is 12.0. The number of alkyl halides is 4. The van der Waals surface area contributed by atoms with Crippen molar-refractivity contribution in [2.45, 2.75) is 32.0 Å². The molecule has 0 aliphatic rings. The van der Waals surface area contributed by atoms with Gasteiger partial charge in [-0.05, 0) is 25.0 Å². The Hall–Kier alpha value is -1.04. The van der Waals surface area contributed by atoms with Gasteiger partial charge in [-0.1, -0.05) is 34.5 Å². The first-order valence-electron chi connectivity index (χ1n) is 5.87. The number of ether oxygens (including phenoxy) is 1. The van der Waals surface area contributed by atoms with E-state index in [-0.39, 0.29) is 17.1 Å². The topological polar surface area (TPSA) is 26.3 Å². The van der Waals surface area contributed by atoms with Gasteiger partial charge in [-0.15, -0.1) is 13.2 Å². The van der Waals surface area contributed by atoms with Gasteiger partial charge in [0.25, 0.3) is 0 Å². The fourth-order valence-electron chi connectivity index (χ4n) is 1.57. The highest BCUT2D eigenvalue weighted by Crippen LogP contribution is 2.24. The third kappa shape index (κ3) is 6.61. The van der Waals surface area contributed by atoms with Crippen molar-refractivity contribution in [1.29, 1.82) is 0 Å². The van der Waals surface area contributed by atoms with Crippen LogP contribution in [0.2, 0.25) is 0 Å². The van der Waals surface area contributed by atoms with E-state index in [1.54, 1.807) is 0 Å². The van der Waals surface area contributed by atoms with Gasteiger partial charge in [-0.2, -0.15) is 0 Å². The Bertz CT molecular complexity index is 419. The Labute approximate surface area is 118 Å². The number of rotatable bonds is 7. The van der Waals surface area contributed by atoms with Crippen molar-refractivity contribution in [2.24, 2.45) is 0 Å². The Kier molecular flexibility index (Phi) is 6.34. The Morgan fingerprint density at radius 3 is 2.58 bits per heavy atom. The molecular weight excluding hydrogens is 325 g/mol. The number of carbonyl (C=O) groups is 1. The number of benzene rings is 1. The third-order valence-electron chi connectivity index (χ3n) is 2.43. The largest absolute Gasteiger partial charge is 0.573 e. The van der Waals surface area contributed by atoms with Gasteiger partial charge in [-0.25, -0.2) is 0 Å². The molecule has 0 atom stereocenters. The summed E-state index contributed by atoms with van der Waals surface area (Å²) < 4.78 is 39.9. The molecule has 2 nitrogen and oxygen atoms in total. The summed E-state index contributed by atoms with van der Waals surface area (Å²) in [6.07, 6.45) is -1.78. The van der Waals surface area contributed by atoms with Crippen molar-refractivity contribution in [1.82, 2.24) is 0 Å². The first kappa shape index (κ1) is 16.0. The van der Waals surface area contributed by atoms with E-state index < -0.39 is 6.36 Å². The fourth-order valence-corrected chi connectivity index (χ4v) is 1.96. The lowest BCUT2D eigenvalue weighted by atomic mass is 10.0. The standard InChI is InChI=1S/C13H14BrF3O2/c14-8-3-1-2-7-12(18)10-5-4-6-11(9-10)19-13(15,16)17/h4-6,9H,1-3,7-8H2. The van der Waals surface area contributed by atoms with Gasteiger partial charge in [0.1, 0.15) is 5.75 Å². The van der Waals surface area contributed by atoms with Crippen LogP contribution in [-0.4, -0.2) is 17.5 Å². The van der Waals surface area contributed by atoms with Gasteiger partial charge in [0.2, 0.25) is 0 Å². The monoisotopic (exact) mass is 338 g/mol. The highest BCUT2D eigenvalue weighted by Gasteiger charge is 2.31. The molecule has 0 amide bonds. The van der Waals surface area contributed by atoms with Crippen LogP contribution in [0.1, 0.15) is 36.0 Å². The predicted molar refractivity (Wildman–Crippen MR) is 69.7 cm³/mol. The molecule has 19 heavy (non-hydrogen) atoms. The van der Waals surface area contributed by atoms with Crippen LogP contribution in [0.25, 0.3) is 0 Å². The molecule has 0 saturated heterocycles. The number of ketones is 1. The summed E-state index contributed by atoms with van der Waals surface area (Å²) in [4.78, 5) is 11.8. The molecule has 0 radical (unpaired) electrons. The van der Waals surface area contributed by atoms with Crippen molar-refractivity contribution in [3.63, 3.8) is 0 Å². The molecule has 0 unspecified atom stereocenters. The van der Waals surface area contributed by atoms with Crippen LogP contribution in [0.5, 0.6) is 5.75 Å². The lowest BCUT2D eigenvalue weighted by molar-refractivity contribution is -0.274. The summed E-state index contributed by atoms with van der Waals surface area (Å²) in [7, 11) is 0. The molecule has 0 saturated carbocycles. The van der Waals surface area contributed by atoms with Crippen molar-refractivity contribution in [2.75, 3.05) is 5.33 Å². The van der Waals surface area contributed by atoms with Crippen molar-refractivity contribution >= 4 is 21.7 Å². The zero-order chi connectivity index (χ0) is 14.3. The lowest BCUT2D eigenvalue weighted by Crippen LogP contribution is -2.17. The van der Waals surface area contributed by atoms with Crippen LogP contribution in [0.3, 0.4) is 0 Å². The fraction of sp³-hybridized carbons (Fsp3) is 0.462. The molecule has 1 rings (SSSR count). The molecule has 0 spiro atoms. The minimum atomic E-state index is -4.74. The van der Waals surface area contributed by atoms with E-state index in [0.717, 1.165) is 30.7 Å². The van der Waals surface area contributed by atoms with E-state index in [4.69, 9.17) is 0 Å². The van der Waals surface area contributed by atoms with Crippen LogP contribution < -0.4 is 4.74 Å². The highest BCUT2D eigenvalue weighted by molar-refractivity contribution is 9.09. The summed E-state index contributed by atoms with van der Waals surface area (Å²) in [6.45, 7) is 0. The second-order valence-corrected chi connectivity index (χ2v) is 4.79. The molecule has 0 aliphatic carbocycles. The molecule has 1 aromatic rings. The lowest BCUT2D eigenvalue weighted by Gasteiger charge is -2.09. The molecule has 0 bridgehead atoms. The Morgan fingerprint density at radius 2 is 1.95 bits per heavy atom. The smallest absolute Gasteiger partial charge is 0.406 e. The summed E-state index contributed by atoms with van der Waals surface area (Å²) in [5.74, 6) is -0.527. The molecule has 106 valence electrons. The van der Waals surface area contributed by atoms with Crippen LogP contribution in [-0.2, 0) is 0 Å². The molecule has 0 fully saturated rings. The van der Waals surface area contributed by atoms with Gasteiger partial charge in [0.15, 0.2) is 5.78 Å². The Morgan fingerprint density at radius 1 is 1.21 bits per heavy atom.